The number of nitrogens with one attached hydrogen (secondary N) is 2. The fraction of sp³-hybridized carbons (Fsp3) is 0.357. The molecule has 0 fully saturated rings. The van der Waals surface area contributed by atoms with Gasteiger partial charge in [-0.1, -0.05) is 19.9 Å². The molecule has 0 saturated carbocycles. The molecule has 2 heterocycles. The van der Waals surface area contributed by atoms with Gasteiger partial charge in [-0.15, -0.1) is 11.3 Å². The normalized spacial score (nSPS) is 11.4. The van der Waals surface area contributed by atoms with Crippen LogP contribution in [0.25, 0.3) is 0 Å². The number of rotatable bonds is 5. The fourth-order valence-electron chi connectivity index (χ4n) is 1.82. The lowest BCUT2D eigenvalue weighted by atomic mass is 9.91. The third kappa shape index (κ3) is 3.07. The van der Waals surface area contributed by atoms with Crippen molar-refractivity contribution >= 4 is 23.0 Å². The zero-order chi connectivity index (χ0) is 14.8. The summed E-state index contributed by atoms with van der Waals surface area (Å²) in [7, 11) is 1.54. The second-order valence-electron chi connectivity index (χ2n) is 5.11. The van der Waals surface area contributed by atoms with Crippen LogP contribution in [0.4, 0.5) is 20.4 Å². The summed E-state index contributed by atoms with van der Waals surface area (Å²) in [6.07, 6.45) is 0. The molecule has 0 aliphatic heterocycles. The van der Waals surface area contributed by atoms with Gasteiger partial charge in [0.15, 0.2) is 23.3 Å². The number of thiophene rings is 1. The Morgan fingerprint density at radius 3 is 2.55 bits per heavy atom. The van der Waals surface area contributed by atoms with Crippen LogP contribution in [0.3, 0.4) is 0 Å². The number of pyridine rings is 1. The molecular weight excluding hydrogens is 280 g/mol. The van der Waals surface area contributed by atoms with E-state index in [0.29, 0.717) is 6.54 Å². The molecule has 0 aromatic carbocycles. The van der Waals surface area contributed by atoms with Gasteiger partial charge in [0.1, 0.15) is 0 Å². The first-order valence-electron chi connectivity index (χ1n) is 6.25. The molecule has 0 amide bonds. The van der Waals surface area contributed by atoms with Crippen LogP contribution in [0.5, 0.6) is 0 Å². The van der Waals surface area contributed by atoms with Crippen LogP contribution >= 0.6 is 11.3 Å². The van der Waals surface area contributed by atoms with Gasteiger partial charge in [-0.25, -0.2) is 13.8 Å². The molecule has 2 aromatic heterocycles. The van der Waals surface area contributed by atoms with Gasteiger partial charge in [0.2, 0.25) is 0 Å². The van der Waals surface area contributed by atoms with Crippen LogP contribution in [-0.2, 0) is 5.41 Å². The summed E-state index contributed by atoms with van der Waals surface area (Å²) in [6.45, 7) is 4.63. The molecular formula is C14H17F2N3S. The van der Waals surface area contributed by atoms with E-state index in [9.17, 15) is 8.78 Å². The lowest BCUT2D eigenvalue weighted by Gasteiger charge is -2.24. The van der Waals surface area contributed by atoms with E-state index in [0.717, 1.165) is 6.07 Å². The van der Waals surface area contributed by atoms with Crippen molar-refractivity contribution in [2.45, 2.75) is 19.3 Å². The zero-order valence-electron chi connectivity index (χ0n) is 11.6. The van der Waals surface area contributed by atoms with E-state index >= 15 is 0 Å². The summed E-state index contributed by atoms with van der Waals surface area (Å²) in [4.78, 5) is 5.10. The Kier molecular flexibility index (Phi) is 4.23. The van der Waals surface area contributed by atoms with E-state index in [-0.39, 0.29) is 17.1 Å². The minimum Gasteiger partial charge on any atom is -0.371 e. The first-order valence-corrected chi connectivity index (χ1v) is 7.13. The SMILES string of the molecule is CNc1nc(NCC(C)(C)c2cccs2)c(F)cc1F. The summed E-state index contributed by atoms with van der Waals surface area (Å²) in [5, 5.41) is 7.56. The maximum atomic E-state index is 13.7. The molecule has 2 rings (SSSR count). The summed E-state index contributed by atoms with van der Waals surface area (Å²) in [5.41, 5.74) is -0.156. The molecule has 0 saturated heterocycles. The van der Waals surface area contributed by atoms with Gasteiger partial charge in [0.25, 0.3) is 0 Å². The molecule has 20 heavy (non-hydrogen) atoms. The largest absolute Gasteiger partial charge is 0.371 e. The van der Waals surface area contributed by atoms with Gasteiger partial charge in [0, 0.05) is 30.0 Å². The standard InChI is InChI=1S/C14H17F2N3S/c1-14(2,11-5-4-6-20-11)8-18-13-10(16)7-9(15)12(17-3)19-13/h4-7H,8H2,1-3H3,(H2,17,18,19). The highest BCUT2D eigenvalue weighted by molar-refractivity contribution is 7.10. The van der Waals surface area contributed by atoms with Gasteiger partial charge >= 0.3 is 0 Å². The van der Waals surface area contributed by atoms with Gasteiger partial charge in [0.05, 0.1) is 0 Å². The average Bonchev–Trinajstić information content (AvgIpc) is 2.92. The highest BCUT2D eigenvalue weighted by atomic mass is 32.1. The molecule has 2 aromatic rings. The highest BCUT2D eigenvalue weighted by Gasteiger charge is 2.22. The van der Waals surface area contributed by atoms with Crippen molar-refractivity contribution in [1.82, 2.24) is 4.98 Å². The maximum absolute atomic E-state index is 13.7. The predicted molar refractivity (Wildman–Crippen MR) is 79.5 cm³/mol. The summed E-state index contributed by atoms with van der Waals surface area (Å²) < 4.78 is 27.0. The number of hydrogen-bond donors (Lipinski definition) is 2. The molecule has 0 atom stereocenters. The van der Waals surface area contributed by atoms with Crippen molar-refractivity contribution in [2.24, 2.45) is 0 Å². The molecule has 0 radical (unpaired) electrons. The van der Waals surface area contributed by atoms with Crippen LogP contribution < -0.4 is 10.6 Å². The van der Waals surface area contributed by atoms with Crippen LogP contribution in [0.2, 0.25) is 0 Å². The third-order valence-corrected chi connectivity index (χ3v) is 4.29. The molecule has 0 aliphatic rings. The molecule has 6 heteroatoms. The average molecular weight is 297 g/mol. The van der Waals surface area contributed by atoms with Gasteiger partial charge in [-0.2, -0.15) is 0 Å². The van der Waals surface area contributed by atoms with E-state index in [2.05, 4.69) is 29.5 Å². The minimum absolute atomic E-state index is 0.0304. The smallest absolute Gasteiger partial charge is 0.168 e. The molecule has 0 aliphatic carbocycles. The van der Waals surface area contributed by atoms with Crippen LogP contribution in [0.15, 0.2) is 23.6 Å². The topological polar surface area (TPSA) is 37.0 Å². The second kappa shape index (κ2) is 5.75. The van der Waals surface area contributed by atoms with Gasteiger partial charge in [-0.05, 0) is 11.4 Å². The van der Waals surface area contributed by atoms with Gasteiger partial charge < -0.3 is 10.6 Å². The fourth-order valence-corrected chi connectivity index (χ4v) is 2.67. The van der Waals surface area contributed by atoms with E-state index in [4.69, 9.17) is 0 Å². The predicted octanol–water partition coefficient (Wildman–Crippen LogP) is 3.85. The number of anilines is 2. The molecule has 0 unspecified atom stereocenters. The second-order valence-corrected chi connectivity index (χ2v) is 6.06. The van der Waals surface area contributed by atoms with Crippen molar-refractivity contribution in [1.29, 1.82) is 0 Å². The Morgan fingerprint density at radius 2 is 1.95 bits per heavy atom. The highest BCUT2D eigenvalue weighted by Crippen LogP contribution is 2.28. The number of nitrogens with zero attached hydrogens (tertiary/aromatic N) is 1. The molecule has 108 valence electrons. The number of hydrogen-bond acceptors (Lipinski definition) is 4. The van der Waals surface area contributed by atoms with Gasteiger partial charge in [-0.3, -0.25) is 0 Å². The molecule has 2 N–H and O–H groups in total. The third-order valence-electron chi connectivity index (χ3n) is 3.05. The van der Waals surface area contributed by atoms with Crippen molar-refractivity contribution in [3.63, 3.8) is 0 Å². The van der Waals surface area contributed by atoms with E-state index in [1.54, 1.807) is 18.4 Å². The molecule has 3 nitrogen and oxygen atoms in total. The van der Waals surface area contributed by atoms with Crippen LogP contribution in [-0.4, -0.2) is 18.6 Å². The quantitative estimate of drug-likeness (QED) is 0.880. The van der Waals surface area contributed by atoms with Crippen LogP contribution in [0.1, 0.15) is 18.7 Å². The molecule has 0 spiro atoms. The van der Waals surface area contributed by atoms with E-state index in [1.807, 2.05) is 17.5 Å². The van der Waals surface area contributed by atoms with Crippen molar-refractivity contribution < 1.29 is 8.78 Å². The van der Waals surface area contributed by atoms with Crippen molar-refractivity contribution in [3.8, 4) is 0 Å². The Morgan fingerprint density at radius 1 is 1.25 bits per heavy atom. The van der Waals surface area contributed by atoms with Crippen molar-refractivity contribution in [3.05, 3.63) is 40.1 Å². The summed E-state index contributed by atoms with van der Waals surface area (Å²) in [5.74, 6) is -1.31. The lowest BCUT2D eigenvalue weighted by Crippen LogP contribution is -2.27. The molecule has 0 bridgehead atoms. The number of halogens is 2. The Balaban J connectivity index is 2.15. The van der Waals surface area contributed by atoms with Crippen LogP contribution in [0, 0.1) is 11.6 Å². The first-order chi connectivity index (χ1) is 9.44. The minimum atomic E-state index is -0.701. The first kappa shape index (κ1) is 14.7. The van der Waals surface area contributed by atoms with Crippen molar-refractivity contribution in [2.75, 3.05) is 24.2 Å². The lowest BCUT2D eigenvalue weighted by molar-refractivity contribution is 0.555. The van der Waals surface area contributed by atoms with E-state index < -0.39 is 11.6 Å². The zero-order valence-corrected chi connectivity index (χ0v) is 12.4. The Hall–Kier alpha value is -1.69. The number of aromatic nitrogens is 1. The Bertz CT molecular complexity index is 582. The summed E-state index contributed by atoms with van der Waals surface area (Å²) in [6, 6.07) is 4.86. The maximum Gasteiger partial charge on any atom is 0.168 e. The summed E-state index contributed by atoms with van der Waals surface area (Å²) >= 11 is 1.65. The van der Waals surface area contributed by atoms with E-state index in [1.165, 1.54) is 4.88 Å². The monoisotopic (exact) mass is 297 g/mol. The Labute approximate surface area is 121 Å².